The number of carbonyl (C=O) groups excluding carboxylic acids is 2. The zero-order valence-corrected chi connectivity index (χ0v) is 16.7. The summed E-state index contributed by atoms with van der Waals surface area (Å²) in [4.78, 5) is 25.4. The van der Waals surface area contributed by atoms with E-state index in [0.717, 1.165) is 6.26 Å². The predicted octanol–water partition coefficient (Wildman–Crippen LogP) is 2.01. The fourth-order valence-electron chi connectivity index (χ4n) is 2.47. The molecule has 1 amide bonds. The zero-order chi connectivity index (χ0) is 20.3. The SMILES string of the molecule is C=C[C@H]1[C@@H]([C@@H](CC(=C)C(=O)OCC)OS(C)(=O)=O)N1C(=O)OC(C)(C)C. The molecule has 1 aliphatic heterocycles. The Morgan fingerprint density at radius 2 is 1.88 bits per heavy atom. The molecule has 0 aromatic carbocycles. The Morgan fingerprint density at radius 3 is 2.31 bits per heavy atom. The fourth-order valence-corrected chi connectivity index (χ4v) is 3.11. The maximum absolute atomic E-state index is 12.3. The largest absolute Gasteiger partial charge is 0.463 e. The van der Waals surface area contributed by atoms with Crippen molar-refractivity contribution in [1.29, 1.82) is 0 Å². The second kappa shape index (κ2) is 8.22. The molecule has 26 heavy (non-hydrogen) atoms. The van der Waals surface area contributed by atoms with Crippen LogP contribution in [-0.4, -0.2) is 62.0 Å². The van der Waals surface area contributed by atoms with Gasteiger partial charge in [0.15, 0.2) is 0 Å². The molecule has 0 bridgehead atoms. The molecule has 0 aliphatic carbocycles. The third-order valence-electron chi connectivity index (χ3n) is 3.44. The van der Waals surface area contributed by atoms with Crippen LogP contribution in [-0.2, 0) is 28.6 Å². The van der Waals surface area contributed by atoms with Gasteiger partial charge >= 0.3 is 12.1 Å². The van der Waals surface area contributed by atoms with Gasteiger partial charge in [0, 0.05) is 12.0 Å². The van der Waals surface area contributed by atoms with Crippen LogP contribution >= 0.6 is 0 Å². The van der Waals surface area contributed by atoms with Crippen LogP contribution in [0.2, 0.25) is 0 Å². The molecule has 1 heterocycles. The van der Waals surface area contributed by atoms with Gasteiger partial charge in [0.05, 0.1) is 24.9 Å². The van der Waals surface area contributed by atoms with Crippen molar-refractivity contribution in [2.24, 2.45) is 0 Å². The monoisotopic (exact) mass is 389 g/mol. The van der Waals surface area contributed by atoms with Crippen LogP contribution in [0.25, 0.3) is 0 Å². The lowest BCUT2D eigenvalue weighted by atomic mass is 10.1. The summed E-state index contributed by atoms with van der Waals surface area (Å²) in [6, 6.07) is -1.10. The maximum Gasteiger partial charge on any atom is 0.411 e. The summed E-state index contributed by atoms with van der Waals surface area (Å²) in [5.41, 5.74) is -0.656. The van der Waals surface area contributed by atoms with E-state index in [1.54, 1.807) is 27.7 Å². The van der Waals surface area contributed by atoms with Crippen LogP contribution in [0.5, 0.6) is 0 Å². The van der Waals surface area contributed by atoms with Crippen molar-refractivity contribution in [3.8, 4) is 0 Å². The summed E-state index contributed by atoms with van der Waals surface area (Å²) < 4.78 is 38.5. The van der Waals surface area contributed by atoms with E-state index < -0.39 is 46.0 Å². The summed E-state index contributed by atoms with van der Waals surface area (Å²) in [5.74, 6) is -0.644. The number of carbonyl (C=O) groups is 2. The smallest absolute Gasteiger partial charge is 0.411 e. The van der Waals surface area contributed by atoms with Gasteiger partial charge in [-0.3, -0.25) is 9.08 Å². The van der Waals surface area contributed by atoms with Crippen LogP contribution in [0.15, 0.2) is 24.8 Å². The highest BCUT2D eigenvalue weighted by atomic mass is 32.2. The minimum atomic E-state index is -3.83. The minimum Gasteiger partial charge on any atom is -0.463 e. The topological polar surface area (TPSA) is 99.0 Å². The van der Waals surface area contributed by atoms with E-state index in [1.807, 2.05) is 0 Å². The van der Waals surface area contributed by atoms with Crippen molar-refractivity contribution < 1.29 is 31.7 Å². The Kier molecular flexibility index (Phi) is 7.01. The first-order valence-electron chi connectivity index (χ1n) is 8.17. The molecule has 9 heteroatoms. The van der Waals surface area contributed by atoms with Crippen molar-refractivity contribution in [2.75, 3.05) is 12.9 Å². The third kappa shape index (κ3) is 6.45. The molecule has 0 spiro atoms. The van der Waals surface area contributed by atoms with Gasteiger partial charge < -0.3 is 9.47 Å². The van der Waals surface area contributed by atoms with E-state index in [9.17, 15) is 18.0 Å². The number of amides is 1. The number of ether oxygens (including phenoxy) is 2. The molecule has 148 valence electrons. The molecular weight excluding hydrogens is 362 g/mol. The van der Waals surface area contributed by atoms with Crippen molar-refractivity contribution in [2.45, 2.75) is 57.9 Å². The molecule has 0 aromatic heterocycles. The first-order chi connectivity index (χ1) is 11.8. The normalized spacial score (nSPS) is 20.9. The molecule has 0 aromatic rings. The highest BCUT2D eigenvalue weighted by molar-refractivity contribution is 7.86. The lowest BCUT2D eigenvalue weighted by molar-refractivity contribution is -0.138. The Hall–Kier alpha value is -1.87. The molecule has 1 aliphatic rings. The highest BCUT2D eigenvalue weighted by Crippen LogP contribution is 2.37. The van der Waals surface area contributed by atoms with Crippen molar-refractivity contribution in [3.05, 3.63) is 24.8 Å². The second-order valence-corrected chi connectivity index (χ2v) is 8.57. The van der Waals surface area contributed by atoms with Crippen molar-refractivity contribution in [1.82, 2.24) is 4.90 Å². The highest BCUT2D eigenvalue weighted by Gasteiger charge is 2.56. The quantitative estimate of drug-likeness (QED) is 0.206. The average molecular weight is 389 g/mol. The molecule has 0 N–H and O–H groups in total. The molecule has 0 saturated carbocycles. The maximum atomic E-state index is 12.3. The summed E-state index contributed by atoms with van der Waals surface area (Å²) in [6.45, 7) is 14.3. The molecule has 3 atom stereocenters. The van der Waals surface area contributed by atoms with Gasteiger partial charge in [0.1, 0.15) is 11.7 Å². The number of hydrogen-bond donors (Lipinski definition) is 0. The van der Waals surface area contributed by atoms with E-state index in [0.29, 0.717) is 0 Å². The minimum absolute atomic E-state index is 0.0550. The van der Waals surface area contributed by atoms with Crippen molar-refractivity contribution >= 4 is 22.2 Å². The van der Waals surface area contributed by atoms with Gasteiger partial charge in [-0.25, -0.2) is 9.59 Å². The number of nitrogens with zero attached hydrogens (tertiary/aromatic N) is 1. The molecule has 1 rings (SSSR count). The summed E-state index contributed by atoms with van der Waals surface area (Å²) in [5, 5.41) is 0. The Labute approximate surface area is 154 Å². The number of hydrogen-bond acceptors (Lipinski definition) is 7. The Balaban J connectivity index is 2.99. The molecule has 0 radical (unpaired) electrons. The van der Waals surface area contributed by atoms with Crippen LogP contribution in [0.4, 0.5) is 4.79 Å². The molecule has 0 unspecified atom stereocenters. The zero-order valence-electron chi connectivity index (χ0n) is 15.9. The van der Waals surface area contributed by atoms with Gasteiger partial charge in [-0.2, -0.15) is 8.42 Å². The number of rotatable bonds is 8. The third-order valence-corrected chi connectivity index (χ3v) is 4.04. The van der Waals surface area contributed by atoms with Gasteiger partial charge in [0.25, 0.3) is 10.1 Å². The van der Waals surface area contributed by atoms with Crippen LogP contribution in [0.3, 0.4) is 0 Å². The van der Waals surface area contributed by atoms with E-state index in [-0.39, 0.29) is 18.6 Å². The summed E-state index contributed by atoms with van der Waals surface area (Å²) in [6.07, 6.45) is 0.672. The molecule has 1 fully saturated rings. The van der Waals surface area contributed by atoms with Gasteiger partial charge in [-0.05, 0) is 27.7 Å². The second-order valence-electron chi connectivity index (χ2n) is 6.97. The predicted molar refractivity (Wildman–Crippen MR) is 96.0 cm³/mol. The van der Waals surface area contributed by atoms with E-state index in [2.05, 4.69) is 13.2 Å². The van der Waals surface area contributed by atoms with Crippen LogP contribution in [0, 0.1) is 0 Å². The summed E-state index contributed by atoms with van der Waals surface area (Å²) >= 11 is 0. The van der Waals surface area contributed by atoms with Crippen molar-refractivity contribution in [3.63, 3.8) is 0 Å². The lowest BCUT2D eigenvalue weighted by Gasteiger charge is -2.21. The van der Waals surface area contributed by atoms with Crippen LogP contribution in [0.1, 0.15) is 34.1 Å². The molecule has 1 saturated heterocycles. The standard InChI is InChI=1S/C17H27NO7S/c1-8-12-14(18(12)16(20)24-17(4,5)6)13(25-26(7,21)22)10-11(3)15(19)23-9-2/h8,12-14H,1,3,9-10H2,2,4-7H3/t12-,13+,14-,18?/m0/s1. The van der Waals surface area contributed by atoms with Gasteiger partial charge in [0.2, 0.25) is 0 Å². The van der Waals surface area contributed by atoms with Gasteiger partial charge in [-0.1, -0.05) is 12.7 Å². The Bertz CT molecular complexity index is 678. The first kappa shape index (κ1) is 22.2. The van der Waals surface area contributed by atoms with E-state index >= 15 is 0 Å². The van der Waals surface area contributed by atoms with E-state index in [1.165, 1.54) is 11.0 Å². The molecule has 8 nitrogen and oxygen atoms in total. The Morgan fingerprint density at radius 1 is 1.31 bits per heavy atom. The summed E-state index contributed by atoms with van der Waals surface area (Å²) in [7, 11) is -3.83. The lowest BCUT2D eigenvalue weighted by Crippen LogP contribution is -2.32. The number of esters is 1. The van der Waals surface area contributed by atoms with E-state index in [4.69, 9.17) is 13.7 Å². The fraction of sp³-hybridized carbons (Fsp3) is 0.647. The van der Waals surface area contributed by atoms with Gasteiger partial charge in [-0.15, -0.1) is 6.58 Å². The van der Waals surface area contributed by atoms with Crippen LogP contribution < -0.4 is 0 Å². The molecular formula is C17H27NO7S. The first-order valence-corrected chi connectivity index (χ1v) is 9.99. The average Bonchev–Trinajstić information content (AvgIpc) is 3.18.